The molecule has 0 aliphatic heterocycles. The average molecular weight is 405 g/mol. The summed E-state index contributed by atoms with van der Waals surface area (Å²) in [5.74, 6) is 0.0391. The van der Waals surface area contributed by atoms with Crippen molar-refractivity contribution in [1.82, 2.24) is 15.6 Å². The molecule has 0 saturated heterocycles. The molecule has 0 spiro atoms. The zero-order valence-electron chi connectivity index (χ0n) is 12.4. The van der Waals surface area contributed by atoms with Gasteiger partial charge in [-0.15, -0.1) is 23.7 Å². The minimum atomic E-state index is -0.0662. The summed E-state index contributed by atoms with van der Waals surface area (Å²) < 4.78 is 1.05. The molecule has 0 aliphatic rings. The third-order valence-corrected chi connectivity index (χ3v) is 4.57. The van der Waals surface area contributed by atoms with Crippen LogP contribution in [-0.4, -0.2) is 24.5 Å². The molecule has 0 fully saturated rings. The standard InChI is InChI=1S/C15H18BrN3OS.ClH/c1-10(18-14(20)7-8-17-2)15-19-13(9-21-15)11-3-5-12(16)6-4-11;/h3-6,9-10,17H,7-8H2,1-2H3,(H,18,20);1H. The topological polar surface area (TPSA) is 54.0 Å². The van der Waals surface area contributed by atoms with Crippen molar-refractivity contribution in [3.8, 4) is 11.3 Å². The maximum absolute atomic E-state index is 11.7. The molecule has 4 nitrogen and oxygen atoms in total. The quantitative estimate of drug-likeness (QED) is 0.770. The van der Waals surface area contributed by atoms with Gasteiger partial charge < -0.3 is 10.6 Å². The zero-order valence-corrected chi connectivity index (χ0v) is 15.6. The summed E-state index contributed by atoms with van der Waals surface area (Å²) in [6.45, 7) is 2.64. The largest absolute Gasteiger partial charge is 0.347 e. The van der Waals surface area contributed by atoms with Gasteiger partial charge in [0.05, 0.1) is 11.7 Å². The molecule has 1 atom stereocenters. The summed E-state index contributed by atoms with van der Waals surface area (Å²) >= 11 is 4.99. The number of benzene rings is 1. The van der Waals surface area contributed by atoms with E-state index < -0.39 is 0 Å². The number of aromatic nitrogens is 1. The monoisotopic (exact) mass is 403 g/mol. The number of nitrogens with zero attached hydrogens (tertiary/aromatic N) is 1. The maximum Gasteiger partial charge on any atom is 0.221 e. The number of hydrogen-bond donors (Lipinski definition) is 2. The van der Waals surface area contributed by atoms with Crippen molar-refractivity contribution in [2.24, 2.45) is 0 Å². The van der Waals surface area contributed by atoms with Crippen LogP contribution in [0.15, 0.2) is 34.1 Å². The van der Waals surface area contributed by atoms with Crippen molar-refractivity contribution >= 4 is 45.6 Å². The Morgan fingerprint density at radius 3 is 2.68 bits per heavy atom. The molecule has 1 amide bonds. The van der Waals surface area contributed by atoms with Crippen LogP contribution in [0, 0.1) is 0 Å². The van der Waals surface area contributed by atoms with E-state index in [9.17, 15) is 4.79 Å². The second kappa shape index (κ2) is 9.25. The zero-order chi connectivity index (χ0) is 15.2. The molecule has 7 heteroatoms. The van der Waals surface area contributed by atoms with Gasteiger partial charge >= 0.3 is 0 Å². The van der Waals surface area contributed by atoms with E-state index in [-0.39, 0.29) is 24.4 Å². The van der Waals surface area contributed by atoms with Crippen molar-refractivity contribution in [2.75, 3.05) is 13.6 Å². The number of halogens is 2. The molecule has 0 aliphatic carbocycles. The Kier molecular flexibility index (Phi) is 8.03. The number of amides is 1. The molecule has 0 saturated carbocycles. The lowest BCUT2D eigenvalue weighted by molar-refractivity contribution is -0.121. The Balaban J connectivity index is 0.00000242. The molecule has 1 unspecified atom stereocenters. The van der Waals surface area contributed by atoms with E-state index >= 15 is 0 Å². The van der Waals surface area contributed by atoms with Gasteiger partial charge in [0.25, 0.3) is 0 Å². The SMILES string of the molecule is CNCCC(=O)NC(C)c1nc(-c2ccc(Br)cc2)cs1.Cl. The van der Waals surface area contributed by atoms with Gasteiger partial charge in [0.1, 0.15) is 5.01 Å². The number of rotatable bonds is 6. The molecule has 1 aromatic heterocycles. The highest BCUT2D eigenvalue weighted by molar-refractivity contribution is 9.10. The van der Waals surface area contributed by atoms with E-state index in [0.717, 1.165) is 20.7 Å². The molecular weight excluding hydrogens is 386 g/mol. The summed E-state index contributed by atoms with van der Waals surface area (Å²) in [4.78, 5) is 16.3. The summed E-state index contributed by atoms with van der Waals surface area (Å²) in [6.07, 6.45) is 0.478. The summed E-state index contributed by atoms with van der Waals surface area (Å²) in [5.41, 5.74) is 2.02. The molecule has 1 aromatic carbocycles. The first-order chi connectivity index (χ1) is 10.1. The van der Waals surface area contributed by atoms with Gasteiger partial charge in [0.2, 0.25) is 5.91 Å². The lowest BCUT2D eigenvalue weighted by Crippen LogP contribution is -2.28. The lowest BCUT2D eigenvalue weighted by Gasteiger charge is -2.10. The third-order valence-electron chi connectivity index (χ3n) is 3.01. The molecule has 22 heavy (non-hydrogen) atoms. The predicted octanol–water partition coefficient (Wildman–Crippen LogP) is 3.78. The van der Waals surface area contributed by atoms with Crippen LogP contribution in [0.25, 0.3) is 11.3 Å². The van der Waals surface area contributed by atoms with E-state index in [0.29, 0.717) is 13.0 Å². The Morgan fingerprint density at radius 1 is 1.36 bits per heavy atom. The second-order valence-corrected chi connectivity index (χ2v) is 6.53. The molecule has 0 radical (unpaired) electrons. The Labute approximate surface area is 149 Å². The van der Waals surface area contributed by atoms with Crippen LogP contribution >= 0.6 is 39.7 Å². The van der Waals surface area contributed by atoms with Crippen LogP contribution in [0.2, 0.25) is 0 Å². The van der Waals surface area contributed by atoms with E-state index in [1.54, 1.807) is 11.3 Å². The van der Waals surface area contributed by atoms with Crippen LogP contribution in [0.3, 0.4) is 0 Å². The first-order valence-electron chi connectivity index (χ1n) is 6.75. The average Bonchev–Trinajstić information content (AvgIpc) is 2.96. The fourth-order valence-corrected chi connectivity index (χ4v) is 2.95. The maximum atomic E-state index is 11.7. The highest BCUT2D eigenvalue weighted by Crippen LogP contribution is 2.26. The second-order valence-electron chi connectivity index (χ2n) is 4.72. The molecular formula is C15H19BrClN3OS. The predicted molar refractivity (Wildman–Crippen MR) is 97.6 cm³/mol. The highest BCUT2D eigenvalue weighted by Gasteiger charge is 2.13. The van der Waals surface area contributed by atoms with Crippen LogP contribution in [0.1, 0.15) is 24.4 Å². The summed E-state index contributed by atoms with van der Waals surface area (Å²) in [6, 6.07) is 7.98. The number of carbonyl (C=O) groups is 1. The van der Waals surface area contributed by atoms with Crippen LogP contribution < -0.4 is 10.6 Å². The molecule has 0 bridgehead atoms. The normalized spacial score (nSPS) is 11.6. The molecule has 120 valence electrons. The van der Waals surface area contributed by atoms with Crippen molar-refractivity contribution in [3.05, 3.63) is 39.1 Å². The Hall–Kier alpha value is -0.950. The van der Waals surface area contributed by atoms with E-state index in [4.69, 9.17) is 0 Å². The molecule has 2 aromatic rings. The smallest absolute Gasteiger partial charge is 0.221 e. The van der Waals surface area contributed by atoms with Gasteiger partial charge in [0.15, 0.2) is 0 Å². The van der Waals surface area contributed by atoms with Gasteiger partial charge in [-0.3, -0.25) is 4.79 Å². The molecule has 1 heterocycles. The lowest BCUT2D eigenvalue weighted by atomic mass is 10.2. The summed E-state index contributed by atoms with van der Waals surface area (Å²) in [5, 5.41) is 8.88. The molecule has 2 rings (SSSR count). The van der Waals surface area contributed by atoms with Gasteiger partial charge in [0, 0.05) is 28.4 Å². The fraction of sp³-hybridized carbons (Fsp3) is 0.333. The fourth-order valence-electron chi connectivity index (χ4n) is 1.85. The van der Waals surface area contributed by atoms with Crippen LogP contribution in [0.5, 0.6) is 0 Å². The van der Waals surface area contributed by atoms with Crippen molar-refractivity contribution in [1.29, 1.82) is 0 Å². The van der Waals surface area contributed by atoms with Gasteiger partial charge in [-0.2, -0.15) is 0 Å². The minimum absolute atomic E-state index is 0. The molecule has 2 N–H and O–H groups in total. The van der Waals surface area contributed by atoms with E-state index in [2.05, 4.69) is 31.5 Å². The third kappa shape index (κ3) is 5.35. The van der Waals surface area contributed by atoms with E-state index in [1.165, 1.54) is 0 Å². The summed E-state index contributed by atoms with van der Waals surface area (Å²) in [7, 11) is 1.84. The van der Waals surface area contributed by atoms with Crippen LogP contribution in [0.4, 0.5) is 0 Å². The Morgan fingerprint density at radius 2 is 2.05 bits per heavy atom. The first kappa shape index (κ1) is 19.1. The van der Waals surface area contributed by atoms with Crippen molar-refractivity contribution in [3.63, 3.8) is 0 Å². The minimum Gasteiger partial charge on any atom is -0.347 e. The van der Waals surface area contributed by atoms with Crippen molar-refractivity contribution in [2.45, 2.75) is 19.4 Å². The van der Waals surface area contributed by atoms with Gasteiger partial charge in [-0.25, -0.2) is 4.98 Å². The number of carbonyl (C=O) groups excluding carboxylic acids is 1. The Bertz CT molecular complexity index is 603. The van der Waals surface area contributed by atoms with Gasteiger partial charge in [-0.05, 0) is 26.1 Å². The number of thiazole rings is 1. The van der Waals surface area contributed by atoms with E-state index in [1.807, 2.05) is 43.6 Å². The van der Waals surface area contributed by atoms with Crippen LogP contribution in [-0.2, 0) is 4.79 Å². The highest BCUT2D eigenvalue weighted by atomic mass is 79.9. The number of hydrogen-bond acceptors (Lipinski definition) is 4. The first-order valence-corrected chi connectivity index (χ1v) is 8.42. The van der Waals surface area contributed by atoms with Gasteiger partial charge in [-0.1, -0.05) is 28.1 Å². The number of nitrogens with one attached hydrogen (secondary N) is 2. The van der Waals surface area contributed by atoms with Crippen molar-refractivity contribution < 1.29 is 4.79 Å².